The molecule has 0 bridgehead atoms. The minimum Gasteiger partial charge on any atom is -0.480 e. The maximum Gasteiger partial charge on any atom is 0.232 e. The second-order valence-electron chi connectivity index (χ2n) is 11.5. The Kier molecular flexibility index (Phi) is 8.57. The van der Waals surface area contributed by atoms with Gasteiger partial charge in [-0.2, -0.15) is 10.5 Å². The van der Waals surface area contributed by atoms with Gasteiger partial charge in [0.25, 0.3) is 0 Å². The number of thioether (sulfide) groups is 1. The third-order valence-electron chi connectivity index (χ3n) is 8.93. The molecule has 2 aliphatic rings. The van der Waals surface area contributed by atoms with E-state index in [2.05, 4.69) is 70.8 Å². The van der Waals surface area contributed by atoms with Crippen molar-refractivity contribution in [3.63, 3.8) is 0 Å². The van der Waals surface area contributed by atoms with Gasteiger partial charge in [-0.25, -0.2) is 14.4 Å². The van der Waals surface area contributed by atoms with E-state index in [0.717, 1.165) is 62.3 Å². The lowest BCUT2D eigenvalue weighted by atomic mass is 9.94. The molecule has 4 aromatic carbocycles. The van der Waals surface area contributed by atoms with Crippen molar-refractivity contribution in [2.45, 2.75) is 17.7 Å². The fourth-order valence-electron chi connectivity index (χ4n) is 6.70. The highest BCUT2D eigenvalue weighted by Gasteiger charge is 2.29. The highest BCUT2D eigenvalue weighted by Crippen LogP contribution is 2.46. The van der Waals surface area contributed by atoms with Crippen LogP contribution in [-0.4, -0.2) is 30.4 Å². The molecule has 6 aromatic rings. The summed E-state index contributed by atoms with van der Waals surface area (Å²) in [5.41, 5.74) is 12.9. The first kappa shape index (κ1) is 31.6. The van der Waals surface area contributed by atoms with Crippen LogP contribution < -0.4 is 9.47 Å². The van der Waals surface area contributed by atoms with Crippen molar-refractivity contribution in [1.29, 1.82) is 10.5 Å². The summed E-state index contributed by atoms with van der Waals surface area (Å²) in [6.07, 6.45) is 3.54. The number of nitrogens with zero attached hydrogens (tertiary/aromatic N) is 4. The third-order valence-corrected chi connectivity index (χ3v) is 9.67. The van der Waals surface area contributed by atoms with Gasteiger partial charge in [0.2, 0.25) is 11.8 Å². The zero-order chi connectivity index (χ0) is 34.1. The van der Waals surface area contributed by atoms with Crippen molar-refractivity contribution in [2.24, 2.45) is 0 Å². The maximum absolute atomic E-state index is 13.3. The molecule has 238 valence electrons. The average Bonchev–Trinajstić information content (AvgIpc) is 3.72. The largest absolute Gasteiger partial charge is 0.480 e. The Morgan fingerprint density at radius 2 is 1.06 bits per heavy atom. The smallest absolute Gasteiger partial charge is 0.232 e. The van der Waals surface area contributed by atoms with Crippen molar-refractivity contribution in [3.8, 4) is 68.7 Å². The summed E-state index contributed by atoms with van der Waals surface area (Å²) in [5, 5.41) is 19.4. The molecule has 0 spiro atoms. The molecule has 0 unspecified atom stereocenters. The van der Waals surface area contributed by atoms with Gasteiger partial charge in [-0.05, 0) is 63.9 Å². The van der Waals surface area contributed by atoms with Gasteiger partial charge in [0.15, 0.2) is 0 Å². The molecule has 2 heterocycles. The van der Waals surface area contributed by atoms with E-state index in [-0.39, 0.29) is 5.82 Å². The Morgan fingerprint density at radius 3 is 1.47 bits per heavy atom. The van der Waals surface area contributed by atoms with Crippen molar-refractivity contribution in [3.05, 3.63) is 136 Å². The third kappa shape index (κ3) is 5.57. The predicted molar refractivity (Wildman–Crippen MR) is 190 cm³/mol. The first-order valence-electron chi connectivity index (χ1n) is 15.6. The van der Waals surface area contributed by atoms with Crippen LogP contribution >= 0.6 is 11.8 Å². The number of nitriles is 2. The molecule has 0 atom stereocenters. The number of pyridine rings is 2. The number of halogens is 1. The first-order chi connectivity index (χ1) is 24.0. The molecule has 0 N–H and O–H groups in total. The second kappa shape index (κ2) is 13.3. The number of ether oxygens (including phenoxy) is 2. The van der Waals surface area contributed by atoms with Crippen molar-refractivity contribution in [1.82, 2.24) is 9.97 Å². The summed E-state index contributed by atoms with van der Waals surface area (Å²) < 4.78 is 24.1. The molecular formula is C41H29FN4O2S. The standard InChI is InChI=1S/C21H16N2OS.C20H13FN2O/c1-24-21-18(12-22)19(13-7-9-15(25-2)10-8-13)17-11-14-5-3-4-6-16(14)20(17)23-21;1-24-20-17(11-22)18(12-6-8-14(21)9-7-12)16-10-13-4-2-3-5-15(13)19(16)23-20/h3-10H,11H2,1-2H3;2-9H,10H2,1H3. The summed E-state index contributed by atoms with van der Waals surface area (Å²) in [6.45, 7) is 0. The van der Waals surface area contributed by atoms with Crippen LogP contribution in [0, 0.1) is 28.5 Å². The minimum atomic E-state index is -0.307. The number of hydrogen-bond acceptors (Lipinski definition) is 7. The molecular weight excluding hydrogens is 632 g/mol. The van der Waals surface area contributed by atoms with Gasteiger partial charge in [0.05, 0.1) is 25.6 Å². The molecule has 6 nitrogen and oxygen atoms in total. The highest BCUT2D eigenvalue weighted by atomic mass is 32.2. The Balaban J connectivity index is 0.000000154. The lowest BCUT2D eigenvalue weighted by molar-refractivity contribution is 0.397. The second-order valence-corrected chi connectivity index (χ2v) is 12.4. The van der Waals surface area contributed by atoms with Crippen molar-refractivity contribution in [2.75, 3.05) is 20.5 Å². The molecule has 49 heavy (non-hydrogen) atoms. The number of fused-ring (bicyclic) bond motifs is 6. The van der Waals surface area contributed by atoms with Gasteiger partial charge in [-0.15, -0.1) is 11.8 Å². The van der Waals surface area contributed by atoms with Crippen LogP contribution in [-0.2, 0) is 12.8 Å². The summed E-state index contributed by atoms with van der Waals surface area (Å²) in [4.78, 5) is 10.4. The van der Waals surface area contributed by atoms with E-state index in [1.54, 1.807) is 31.0 Å². The molecule has 8 rings (SSSR count). The van der Waals surface area contributed by atoms with Gasteiger partial charge in [0, 0.05) is 40.0 Å². The monoisotopic (exact) mass is 660 g/mol. The minimum absolute atomic E-state index is 0.298. The molecule has 2 aliphatic carbocycles. The lowest BCUT2D eigenvalue weighted by Crippen LogP contribution is -2.00. The van der Waals surface area contributed by atoms with Crippen LogP contribution in [0.2, 0.25) is 0 Å². The topological polar surface area (TPSA) is 91.8 Å². The van der Waals surface area contributed by atoms with E-state index >= 15 is 0 Å². The van der Waals surface area contributed by atoms with Gasteiger partial charge in [0.1, 0.15) is 29.1 Å². The normalized spacial score (nSPS) is 11.6. The predicted octanol–water partition coefficient (Wildman–Crippen LogP) is 9.26. The Hall–Kier alpha value is -5.96. The van der Waals surface area contributed by atoms with E-state index in [4.69, 9.17) is 9.47 Å². The van der Waals surface area contributed by atoms with Crippen LogP contribution in [0.4, 0.5) is 4.39 Å². The van der Waals surface area contributed by atoms with Gasteiger partial charge < -0.3 is 9.47 Å². The van der Waals surface area contributed by atoms with E-state index in [9.17, 15) is 14.9 Å². The zero-order valence-electron chi connectivity index (χ0n) is 27.0. The quantitative estimate of drug-likeness (QED) is 0.170. The highest BCUT2D eigenvalue weighted by molar-refractivity contribution is 7.98. The molecule has 2 aromatic heterocycles. The van der Waals surface area contributed by atoms with Crippen molar-refractivity contribution >= 4 is 11.8 Å². The Morgan fingerprint density at radius 1 is 0.633 bits per heavy atom. The van der Waals surface area contributed by atoms with E-state index < -0.39 is 0 Å². The summed E-state index contributed by atoms with van der Waals surface area (Å²) in [6, 6.07) is 35.3. The van der Waals surface area contributed by atoms with Crippen LogP contribution in [0.15, 0.2) is 102 Å². The number of benzene rings is 4. The number of rotatable bonds is 5. The molecule has 0 saturated heterocycles. The van der Waals surface area contributed by atoms with Gasteiger partial charge >= 0.3 is 0 Å². The van der Waals surface area contributed by atoms with Crippen LogP contribution in [0.25, 0.3) is 44.8 Å². The van der Waals surface area contributed by atoms with Crippen LogP contribution in [0.5, 0.6) is 11.8 Å². The molecule has 0 fully saturated rings. The molecule has 0 radical (unpaired) electrons. The first-order valence-corrected chi connectivity index (χ1v) is 16.8. The summed E-state index contributed by atoms with van der Waals surface area (Å²) in [5.74, 6) is 0.382. The van der Waals surface area contributed by atoms with Gasteiger partial charge in [-0.1, -0.05) is 72.8 Å². The van der Waals surface area contributed by atoms with E-state index in [0.29, 0.717) is 29.3 Å². The molecule has 0 saturated carbocycles. The Bertz CT molecular complexity index is 2320. The van der Waals surface area contributed by atoms with Crippen LogP contribution in [0.3, 0.4) is 0 Å². The molecule has 0 aliphatic heterocycles. The number of hydrogen-bond donors (Lipinski definition) is 0. The fraction of sp³-hybridized carbons (Fsp3) is 0.122. The summed E-state index contributed by atoms with van der Waals surface area (Å²) in [7, 11) is 3.07. The van der Waals surface area contributed by atoms with Crippen molar-refractivity contribution < 1.29 is 13.9 Å². The van der Waals surface area contributed by atoms with E-state index in [1.807, 2.05) is 30.3 Å². The van der Waals surface area contributed by atoms with Crippen LogP contribution in [0.1, 0.15) is 33.4 Å². The zero-order valence-corrected chi connectivity index (χ0v) is 27.9. The summed E-state index contributed by atoms with van der Waals surface area (Å²) >= 11 is 1.70. The average molecular weight is 661 g/mol. The van der Waals surface area contributed by atoms with Gasteiger partial charge in [-0.3, -0.25) is 0 Å². The maximum atomic E-state index is 13.3. The lowest BCUT2D eigenvalue weighted by Gasteiger charge is -2.14. The molecule has 0 amide bonds. The fourth-order valence-corrected chi connectivity index (χ4v) is 7.11. The molecule has 8 heteroatoms. The van der Waals surface area contributed by atoms with E-state index in [1.165, 1.54) is 35.3 Å². The number of aromatic nitrogens is 2. The number of methoxy groups -OCH3 is 2. The Labute approximate surface area is 288 Å². The SMILES string of the molecule is COc1nc2c(c(-c3ccc(F)cc3)c1C#N)Cc1ccccc1-2.COc1nc2c(c(-c3ccc(SC)cc3)c1C#N)Cc1ccccc1-2.